The predicted molar refractivity (Wildman–Crippen MR) is 120 cm³/mol. The first-order valence-electron chi connectivity index (χ1n) is 11.1. The highest BCUT2D eigenvalue weighted by molar-refractivity contribution is 5.44. The van der Waals surface area contributed by atoms with Crippen LogP contribution in [0.5, 0.6) is 0 Å². The van der Waals surface area contributed by atoms with Crippen LogP contribution in [0.25, 0.3) is 11.6 Å². The summed E-state index contributed by atoms with van der Waals surface area (Å²) in [4.78, 5) is 8.23. The van der Waals surface area contributed by atoms with E-state index < -0.39 is 0 Å². The fourth-order valence-corrected chi connectivity index (χ4v) is 4.61. The Hall–Kier alpha value is -2.80. The normalized spacial score (nSPS) is 21.5. The summed E-state index contributed by atoms with van der Waals surface area (Å²) in [6.07, 6.45) is 11.6. The molecule has 3 aromatic rings. The second-order valence-corrected chi connectivity index (χ2v) is 9.00. The molecule has 1 N–H and O–H groups in total. The second-order valence-electron chi connectivity index (χ2n) is 9.00. The van der Waals surface area contributed by atoms with Crippen LogP contribution in [0.4, 0.5) is 0 Å². The van der Waals surface area contributed by atoms with Gasteiger partial charge >= 0.3 is 0 Å². The van der Waals surface area contributed by atoms with Gasteiger partial charge < -0.3 is 14.3 Å². The molecule has 7 nitrogen and oxygen atoms in total. The highest BCUT2D eigenvalue weighted by atomic mass is 16.4. The van der Waals surface area contributed by atoms with Crippen molar-refractivity contribution in [2.45, 2.75) is 40.2 Å². The smallest absolute Gasteiger partial charge is 0.265 e. The molecule has 0 spiro atoms. The lowest BCUT2D eigenvalue weighted by molar-refractivity contribution is 0.218. The Bertz CT molecular complexity index is 1010. The molecule has 3 atom stereocenters. The van der Waals surface area contributed by atoms with Crippen molar-refractivity contribution in [2.75, 3.05) is 6.54 Å². The van der Waals surface area contributed by atoms with Crippen LogP contribution in [-0.2, 0) is 20.0 Å². The lowest BCUT2D eigenvalue weighted by Crippen LogP contribution is -2.34. The molecule has 0 saturated carbocycles. The van der Waals surface area contributed by atoms with Gasteiger partial charge in [0.15, 0.2) is 0 Å². The summed E-state index contributed by atoms with van der Waals surface area (Å²) >= 11 is 0. The molecule has 0 radical (unpaired) electrons. The van der Waals surface area contributed by atoms with Gasteiger partial charge in [0.25, 0.3) is 5.89 Å². The van der Waals surface area contributed by atoms with Gasteiger partial charge in [-0.1, -0.05) is 25.5 Å². The average molecular weight is 421 g/mol. The quantitative estimate of drug-likeness (QED) is 0.554. The van der Waals surface area contributed by atoms with Gasteiger partial charge in [-0.25, -0.2) is 4.98 Å². The van der Waals surface area contributed by atoms with Gasteiger partial charge in [-0.2, -0.15) is 0 Å². The summed E-state index contributed by atoms with van der Waals surface area (Å²) in [7, 11) is 1.93. The SMILES string of the molecule is CC1=CC(CNCc2ccncc2)C(C(C)C)CC1Cc1nnc(-c2cncn2C)o1. The average Bonchev–Trinajstić information content (AvgIpc) is 3.39. The van der Waals surface area contributed by atoms with Crippen molar-refractivity contribution in [1.29, 1.82) is 0 Å². The van der Waals surface area contributed by atoms with Crippen LogP contribution >= 0.6 is 0 Å². The maximum atomic E-state index is 5.97. The molecule has 3 unspecified atom stereocenters. The van der Waals surface area contributed by atoms with E-state index in [1.165, 1.54) is 11.1 Å². The van der Waals surface area contributed by atoms with Crippen molar-refractivity contribution in [3.63, 3.8) is 0 Å². The van der Waals surface area contributed by atoms with E-state index in [1.807, 2.05) is 24.0 Å². The maximum absolute atomic E-state index is 5.97. The van der Waals surface area contributed by atoms with Crippen molar-refractivity contribution in [2.24, 2.45) is 30.7 Å². The van der Waals surface area contributed by atoms with E-state index in [0.717, 1.165) is 31.6 Å². The molecule has 164 valence electrons. The summed E-state index contributed by atoms with van der Waals surface area (Å²) in [5.41, 5.74) is 3.54. The van der Waals surface area contributed by atoms with E-state index in [9.17, 15) is 0 Å². The van der Waals surface area contributed by atoms with E-state index >= 15 is 0 Å². The second kappa shape index (κ2) is 9.56. The minimum absolute atomic E-state index is 0.434. The third-order valence-corrected chi connectivity index (χ3v) is 6.47. The van der Waals surface area contributed by atoms with Gasteiger partial charge in [-0.3, -0.25) is 4.98 Å². The molecular formula is C24H32N6O. The molecule has 0 amide bonds. The van der Waals surface area contributed by atoms with Gasteiger partial charge in [0.1, 0.15) is 5.69 Å². The van der Waals surface area contributed by atoms with Crippen molar-refractivity contribution >= 4 is 0 Å². The van der Waals surface area contributed by atoms with Crippen LogP contribution in [0.1, 0.15) is 38.6 Å². The molecule has 0 saturated heterocycles. The molecule has 1 aliphatic carbocycles. The van der Waals surface area contributed by atoms with Crippen LogP contribution in [0.15, 0.2) is 53.1 Å². The highest BCUT2D eigenvalue weighted by Gasteiger charge is 2.32. The molecule has 31 heavy (non-hydrogen) atoms. The van der Waals surface area contributed by atoms with Gasteiger partial charge in [-0.15, -0.1) is 10.2 Å². The van der Waals surface area contributed by atoms with Crippen LogP contribution < -0.4 is 5.32 Å². The molecule has 0 aliphatic heterocycles. The molecule has 4 rings (SSSR count). The largest absolute Gasteiger partial charge is 0.419 e. The summed E-state index contributed by atoms with van der Waals surface area (Å²) in [6, 6.07) is 4.13. The lowest BCUT2D eigenvalue weighted by Gasteiger charge is -2.37. The van der Waals surface area contributed by atoms with Gasteiger partial charge in [0.05, 0.1) is 12.5 Å². The number of hydrogen-bond donors (Lipinski definition) is 1. The number of rotatable bonds is 8. The van der Waals surface area contributed by atoms with Gasteiger partial charge in [0.2, 0.25) is 5.89 Å². The van der Waals surface area contributed by atoms with Gasteiger partial charge in [-0.05, 0) is 54.7 Å². The number of allylic oxidation sites excluding steroid dienone is 1. The van der Waals surface area contributed by atoms with Crippen LogP contribution in [-0.4, -0.2) is 31.3 Å². The Morgan fingerprint density at radius 1 is 1.19 bits per heavy atom. The van der Waals surface area contributed by atoms with Crippen LogP contribution in [0, 0.1) is 23.7 Å². The van der Waals surface area contributed by atoms with E-state index in [0.29, 0.717) is 35.5 Å². The number of imidazole rings is 1. The van der Waals surface area contributed by atoms with Crippen LogP contribution in [0.3, 0.4) is 0 Å². The van der Waals surface area contributed by atoms with E-state index in [1.54, 1.807) is 12.5 Å². The Morgan fingerprint density at radius 2 is 2.00 bits per heavy atom. The molecule has 0 fully saturated rings. The van der Waals surface area contributed by atoms with Gasteiger partial charge in [0, 0.05) is 39.0 Å². The molecule has 1 aliphatic rings. The molecule has 3 heterocycles. The number of aromatic nitrogens is 5. The minimum atomic E-state index is 0.434. The van der Waals surface area contributed by atoms with E-state index in [4.69, 9.17) is 4.42 Å². The number of nitrogens with zero attached hydrogens (tertiary/aromatic N) is 5. The number of nitrogens with one attached hydrogen (secondary N) is 1. The summed E-state index contributed by atoms with van der Waals surface area (Å²) in [5, 5.41) is 12.2. The van der Waals surface area contributed by atoms with Crippen LogP contribution in [0.2, 0.25) is 0 Å². The molecule has 7 heteroatoms. The number of hydrogen-bond acceptors (Lipinski definition) is 6. The molecular weight excluding hydrogens is 388 g/mol. The molecule has 3 aromatic heterocycles. The summed E-state index contributed by atoms with van der Waals surface area (Å²) in [6.45, 7) is 8.77. The molecule has 0 aromatic carbocycles. The van der Waals surface area contributed by atoms with Crippen molar-refractivity contribution in [3.8, 4) is 11.6 Å². The third kappa shape index (κ3) is 5.10. The predicted octanol–water partition coefficient (Wildman–Crippen LogP) is 4.05. The Labute approximate surface area is 184 Å². The first-order valence-corrected chi connectivity index (χ1v) is 11.1. The zero-order valence-electron chi connectivity index (χ0n) is 18.8. The first-order chi connectivity index (χ1) is 15.0. The van der Waals surface area contributed by atoms with Crippen molar-refractivity contribution in [3.05, 3.63) is 60.2 Å². The number of aryl methyl sites for hydroxylation is 1. The third-order valence-electron chi connectivity index (χ3n) is 6.47. The summed E-state index contributed by atoms with van der Waals surface area (Å²) < 4.78 is 7.86. The molecule has 0 bridgehead atoms. The topological polar surface area (TPSA) is 81.7 Å². The standard InChI is InChI=1S/C24H32N6O/c1-16(2)21-10-19(11-23-28-29-24(31-23)22-14-27-15-30(22)4)17(3)9-20(21)13-26-12-18-5-7-25-8-6-18/h5-9,14-16,19-21,26H,10-13H2,1-4H3. The van der Waals surface area contributed by atoms with Crippen molar-refractivity contribution in [1.82, 2.24) is 30.0 Å². The highest BCUT2D eigenvalue weighted by Crippen LogP contribution is 2.38. The summed E-state index contributed by atoms with van der Waals surface area (Å²) in [5.74, 6) is 3.44. The lowest BCUT2D eigenvalue weighted by atomic mass is 9.70. The first kappa shape index (κ1) is 21.4. The Balaban J connectivity index is 1.41. The maximum Gasteiger partial charge on any atom is 0.265 e. The van der Waals surface area contributed by atoms with Crippen molar-refractivity contribution < 1.29 is 4.42 Å². The zero-order valence-corrected chi connectivity index (χ0v) is 18.8. The number of pyridine rings is 1. The van der Waals surface area contributed by atoms with E-state index in [2.05, 4.69) is 64.5 Å². The fraction of sp³-hybridized carbons (Fsp3) is 0.500. The zero-order chi connectivity index (χ0) is 21.8. The Morgan fingerprint density at radius 3 is 2.71 bits per heavy atom. The Kier molecular flexibility index (Phi) is 6.61. The van der Waals surface area contributed by atoms with E-state index in [-0.39, 0.29) is 0 Å². The fourth-order valence-electron chi connectivity index (χ4n) is 4.61. The monoisotopic (exact) mass is 420 g/mol. The minimum Gasteiger partial charge on any atom is -0.419 e.